The lowest BCUT2D eigenvalue weighted by Crippen LogP contribution is -2.39. The molecule has 0 saturated carbocycles. The van der Waals surface area contributed by atoms with Gasteiger partial charge in [-0.3, -0.25) is 9.59 Å². The highest BCUT2D eigenvalue weighted by Crippen LogP contribution is 2.21. The van der Waals surface area contributed by atoms with E-state index in [9.17, 15) is 14.7 Å². The summed E-state index contributed by atoms with van der Waals surface area (Å²) in [4.78, 5) is 23.0. The first kappa shape index (κ1) is 16.3. The highest BCUT2D eigenvalue weighted by atomic mass is 16.3. The molecule has 0 bridgehead atoms. The largest absolute Gasteiger partial charge is 0.396 e. The summed E-state index contributed by atoms with van der Waals surface area (Å²) < 4.78 is 0. The van der Waals surface area contributed by atoms with Crippen LogP contribution in [0, 0.1) is 11.3 Å². The number of aliphatic hydroxyl groups is 2. The van der Waals surface area contributed by atoms with Crippen LogP contribution in [0.25, 0.3) is 0 Å². The fourth-order valence-electron chi connectivity index (χ4n) is 1.38. The molecule has 0 unspecified atom stereocenters. The number of hydrogen-bond acceptors (Lipinski definition) is 4. The summed E-state index contributed by atoms with van der Waals surface area (Å²) >= 11 is 0. The smallest absolute Gasteiger partial charge is 0.161 e. The lowest BCUT2D eigenvalue weighted by molar-refractivity contribution is -0.135. The number of carbonyl (C=O) groups is 2. The lowest BCUT2D eigenvalue weighted by atomic mass is 9.84. The zero-order valence-corrected chi connectivity index (χ0v) is 11.2. The predicted octanol–water partition coefficient (Wildman–Crippen LogP) is 1.33. The van der Waals surface area contributed by atoms with E-state index in [0.29, 0.717) is 12.8 Å². The van der Waals surface area contributed by atoms with Gasteiger partial charge in [0, 0.05) is 24.2 Å². The van der Waals surface area contributed by atoms with E-state index in [2.05, 4.69) is 0 Å². The van der Waals surface area contributed by atoms with Crippen LogP contribution < -0.4 is 0 Å². The van der Waals surface area contributed by atoms with Crippen LogP contribution >= 0.6 is 0 Å². The Bertz CT molecular complexity index is 269. The highest BCUT2D eigenvalue weighted by Gasteiger charge is 2.32. The minimum Gasteiger partial charge on any atom is -0.396 e. The van der Waals surface area contributed by atoms with Gasteiger partial charge in [0.2, 0.25) is 0 Å². The fourth-order valence-corrected chi connectivity index (χ4v) is 1.38. The second kappa shape index (κ2) is 6.87. The molecule has 17 heavy (non-hydrogen) atoms. The first-order valence-electron chi connectivity index (χ1n) is 6.06. The molecule has 0 aromatic heterocycles. The molecule has 0 rings (SSSR count). The normalized spacial score (nSPS) is 13.8. The Hall–Kier alpha value is -0.740. The van der Waals surface area contributed by atoms with Gasteiger partial charge in [-0.2, -0.15) is 0 Å². The maximum absolute atomic E-state index is 11.6. The van der Waals surface area contributed by atoms with E-state index in [0.717, 1.165) is 0 Å². The van der Waals surface area contributed by atoms with Crippen LogP contribution in [0.5, 0.6) is 0 Å². The summed E-state index contributed by atoms with van der Waals surface area (Å²) in [6.45, 7) is 6.68. The van der Waals surface area contributed by atoms with Gasteiger partial charge in [0.05, 0.1) is 6.61 Å². The Morgan fingerprint density at radius 3 is 2.00 bits per heavy atom. The highest BCUT2D eigenvalue weighted by molar-refractivity contribution is 5.85. The summed E-state index contributed by atoms with van der Waals surface area (Å²) in [5.41, 5.74) is -0.820. The van der Waals surface area contributed by atoms with Crippen molar-refractivity contribution in [3.63, 3.8) is 0 Å². The number of aliphatic hydroxyl groups excluding tert-OH is 2. The zero-order chi connectivity index (χ0) is 13.6. The summed E-state index contributed by atoms with van der Waals surface area (Å²) in [6, 6.07) is 0. The summed E-state index contributed by atoms with van der Waals surface area (Å²) in [5, 5.41) is 18.8. The van der Waals surface area contributed by atoms with Crippen LogP contribution in [0.2, 0.25) is 0 Å². The Kier molecular flexibility index (Phi) is 6.57. The molecule has 0 amide bonds. The number of hydrogen-bond donors (Lipinski definition) is 2. The Morgan fingerprint density at radius 2 is 1.59 bits per heavy atom. The molecule has 0 aromatic carbocycles. The van der Waals surface area contributed by atoms with Gasteiger partial charge in [-0.15, -0.1) is 0 Å². The molecule has 4 heteroatoms. The van der Waals surface area contributed by atoms with Crippen LogP contribution in [-0.4, -0.2) is 34.5 Å². The van der Waals surface area contributed by atoms with Gasteiger partial charge in [0.15, 0.2) is 5.78 Å². The van der Waals surface area contributed by atoms with Crippen molar-refractivity contribution in [1.29, 1.82) is 0 Å². The Labute approximate surface area is 103 Å². The Balaban J connectivity index is 4.07. The van der Waals surface area contributed by atoms with Crippen LogP contribution in [0.4, 0.5) is 0 Å². The van der Waals surface area contributed by atoms with Crippen LogP contribution in [0.1, 0.15) is 47.0 Å². The molecule has 0 aliphatic carbocycles. The van der Waals surface area contributed by atoms with E-state index in [4.69, 9.17) is 5.11 Å². The maximum atomic E-state index is 11.6. The molecular formula is C13H24O4. The van der Waals surface area contributed by atoms with E-state index in [1.165, 1.54) is 0 Å². The number of rotatable bonds is 8. The second-order valence-corrected chi connectivity index (χ2v) is 5.49. The molecule has 0 radical (unpaired) electrons. The summed E-state index contributed by atoms with van der Waals surface area (Å²) in [5.74, 6) is -0.182. The van der Waals surface area contributed by atoms with Gasteiger partial charge in [-0.25, -0.2) is 0 Å². The second-order valence-electron chi connectivity index (χ2n) is 5.49. The molecule has 0 aliphatic rings. The molecule has 100 valence electrons. The minimum absolute atomic E-state index is 0.0103. The van der Waals surface area contributed by atoms with Crippen molar-refractivity contribution in [2.24, 2.45) is 11.3 Å². The van der Waals surface area contributed by atoms with E-state index in [1.54, 1.807) is 13.8 Å². The summed E-state index contributed by atoms with van der Waals surface area (Å²) in [7, 11) is 0. The molecule has 0 spiro atoms. The fraction of sp³-hybridized carbons (Fsp3) is 0.846. The van der Waals surface area contributed by atoms with Gasteiger partial charge in [0.1, 0.15) is 11.9 Å². The first-order chi connectivity index (χ1) is 7.72. The van der Waals surface area contributed by atoms with Crippen molar-refractivity contribution in [1.82, 2.24) is 0 Å². The number of carbonyl (C=O) groups excluding carboxylic acids is 2. The Morgan fingerprint density at radius 1 is 1.12 bits per heavy atom. The topological polar surface area (TPSA) is 74.6 Å². The molecular weight excluding hydrogens is 220 g/mol. The third kappa shape index (κ3) is 5.41. The predicted molar refractivity (Wildman–Crippen MR) is 65.6 cm³/mol. The van der Waals surface area contributed by atoms with Crippen molar-refractivity contribution in [2.75, 3.05) is 6.61 Å². The SMILES string of the molecule is CC(C)C(=O)CCCC(=O)[C@H](O)C(C)(C)CO. The molecule has 0 aliphatic heterocycles. The van der Waals surface area contributed by atoms with Crippen LogP contribution in [0.15, 0.2) is 0 Å². The number of Topliss-reactive ketones (excluding diaryl/α,β-unsaturated/α-hetero) is 2. The van der Waals surface area contributed by atoms with Crippen molar-refractivity contribution < 1.29 is 19.8 Å². The third-order valence-electron chi connectivity index (χ3n) is 2.94. The average Bonchev–Trinajstić information content (AvgIpc) is 2.27. The van der Waals surface area contributed by atoms with Crippen molar-refractivity contribution in [2.45, 2.75) is 53.1 Å². The zero-order valence-electron chi connectivity index (χ0n) is 11.2. The van der Waals surface area contributed by atoms with E-state index < -0.39 is 11.5 Å². The van der Waals surface area contributed by atoms with Crippen LogP contribution in [-0.2, 0) is 9.59 Å². The summed E-state index contributed by atoms with van der Waals surface area (Å²) in [6.07, 6.45) is -0.144. The van der Waals surface area contributed by atoms with E-state index in [1.807, 2.05) is 13.8 Å². The van der Waals surface area contributed by atoms with Crippen molar-refractivity contribution >= 4 is 11.6 Å². The average molecular weight is 244 g/mol. The third-order valence-corrected chi connectivity index (χ3v) is 2.94. The molecule has 0 fully saturated rings. The van der Waals surface area contributed by atoms with Gasteiger partial charge < -0.3 is 10.2 Å². The van der Waals surface area contributed by atoms with Gasteiger partial charge in [-0.05, 0) is 6.42 Å². The molecule has 0 aromatic rings. The monoisotopic (exact) mass is 244 g/mol. The van der Waals surface area contributed by atoms with E-state index >= 15 is 0 Å². The van der Waals surface area contributed by atoms with Crippen LogP contribution in [0.3, 0.4) is 0 Å². The molecule has 0 heterocycles. The molecule has 0 saturated heterocycles. The molecule has 4 nitrogen and oxygen atoms in total. The van der Waals surface area contributed by atoms with Gasteiger partial charge in [0.25, 0.3) is 0 Å². The van der Waals surface area contributed by atoms with Gasteiger partial charge in [-0.1, -0.05) is 27.7 Å². The van der Waals surface area contributed by atoms with Crippen molar-refractivity contribution in [3.05, 3.63) is 0 Å². The molecule has 1 atom stereocenters. The first-order valence-corrected chi connectivity index (χ1v) is 6.06. The lowest BCUT2D eigenvalue weighted by Gasteiger charge is -2.27. The standard InChI is InChI=1S/C13H24O4/c1-9(2)10(15)6-5-7-11(16)12(17)13(3,4)8-14/h9,12,14,17H,5-8H2,1-4H3/t12-/m0/s1. The van der Waals surface area contributed by atoms with Gasteiger partial charge >= 0.3 is 0 Å². The maximum Gasteiger partial charge on any atom is 0.161 e. The number of ketones is 2. The molecule has 2 N–H and O–H groups in total. The minimum atomic E-state index is -1.17. The van der Waals surface area contributed by atoms with E-state index in [-0.39, 0.29) is 30.5 Å². The van der Waals surface area contributed by atoms with Crippen molar-refractivity contribution in [3.8, 4) is 0 Å². The quantitative estimate of drug-likeness (QED) is 0.675.